The molecule has 1 amide bonds. The first-order valence-electron chi connectivity index (χ1n) is 10.3. The fourth-order valence-corrected chi connectivity index (χ4v) is 5.46. The van der Waals surface area contributed by atoms with Crippen LogP contribution in [0.25, 0.3) is 0 Å². The normalized spacial score (nSPS) is 12.0. The lowest BCUT2D eigenvalue weighted by molar-refractivity contribution is 0.0527. The third kappa shape index (κ3) is 8.51. The first kappa shape index (κ1) is 25.2. The van der Waals surface area contributed by atoms with Crippen molar-refractivity contribution in [2.45, 2.75) is 56.4 Å². The highest BCUT2D eigenvalue weighted by atomic mass is 32.2. The van der Waals surface area contributed by atoms with Gasteiger partial charge < -0.3 is 14.8 Å². The second kappa shape index (κ2) is 11.5. The van der Waals surface area contributed by atoms with Crippen LogP contribution in [0.3, 0.4) is 0 Å². The number of carbonyl (C=O) groups excluding carboxylic acids is 1. The topological polar surface area (TPSA) is 84.9 Å². The van der Waals surface area contributed by atoms with Gasteiger partial charge in [0.05, 0.1) is 7.11 Å². The summed E-state index contributed by atoms with van der Waals surface area (Å²) in [5.41, 5.74) is 0.370. The molecule has 172 valence electrons. The Bertz CT molecular complexity index is 904. The zero-order chi connectivity index (χ0) is 22.9. The van der Waals surface area contributed by atoms with E-state index in [4.69, 9.17) is 9.47 Å². The van der Waals surface area contributed by atoms with E-state index in [0.29, 0.717) is 30.3 Å². The standard InChI is InChI=1S/C22H32N2O5S2/c1-22(2,3)29-21(25)23-14-6-5-7-15-24(31(26,27)20-9-8-16-30-20)17-18-10-12-19(28-4)13-11-18/h8-13,16H,5-7,14-15,17H2,1-4H3,(H,23,25). The Morgan fingerprint density at radius 3 is 2.39 bits per heavy atom. The number of methoxy groups -OCH3 is 1. The molecule has 0 aliphatic rings. The van der Waals surface area contributed by atoms with Crippen molar-refractivity contribution in [3.8, 4) is 5.75 Å². The monoisotopic (exact) mass is 468 g/mol. The summed E-state index contributed by atoms with van der Waals surface area (Å²) < 4.78 is 38.4. The van der Waals surface area contributed by atoms with E-state index < -0.39 is 21.7 Å². The Morgan fingerprint density at radius 1 is 1.10 bits per heavy atom. The van der Waals surface area contributed by atoms with E-state index in [9.17, 15) is 13.2 Å². The molecular formula is C22H32N2O5S2. The summed E-state index contributed by atoms with van der Waals surface area (Å²) in [5, 5.41) is 4.49. The van der Waals surface area contributed by atoms with Gasteiger partial charge in [-0.2, -0.15) is 4.31 Å². The molecule has 0 bridgehead atoms. The summed E-state index contributed by atoms with van der Waals surface area (Å²) in [6.07, 6.45) is 1.79. The third-order valence-electron chi connectivity index (χ3n) is 4.36. The number of alkyl carbamates (subject to hydrolysis) is 1. The summed E-state index contributed by atoms with van der Waals surface area (Å²) in [7, 11) is -1.97. The molecule has 9 heteroatoms. The second-order valence-electron chi connectivity index (χ2n) is 8.11. The van der Waals surface area contributed by atoms with Gasteiger partial charge in [-0.25, -0.2) is 13.2 Å². The molecule has 1 aromatic carbocycles. The van der Waals surface area contributed by atoms with E-state index in [1.54, 1.807) is 24.6 Å². The highest BCUT2D eigenvalue weighted by molar-refractivity contribution is 7.91. The highest BCUT2D eigenvalue weighted by Gasteiger charge is 2.25. The molecule has 0 aliphatic heterocycles. The van der Waals surface area contributed by atoms with Crippen molar-refractivity contribution in [2.75, 3.05) is 20.2 Å². The van der Waals surface area contributed by atoms with Crippen molar-refractivity contribution in [3.05, 3.63) is 47.3 Å². The number of rotatable bonds is 11. The lowest BCUT2D eigenvalue weighted by Gasteiger charge is -2.22. The number of amides is 1. The average Bonchev–Trinajstić information content (AvgIpc) is 3.24. The minimum atomic E-state index is -3.57. The number of thiophene rings is 1. The van der Waals surface area contributed by atoms with Gasteiger partial charge in [0.25, 0.3) is 10.0 Å². The molecule has 1 heterocycles. The number of nitrogens with one attached hydrogen (secondary N) is 1. The molecule has 1 N–H and O–H groups in total. The fraction of sp³-hybridized carbons (Fsp3) is 0.500. The van der Waals surface area contributed by atoms with E-state index in [2.05, 4.69) is 5.32 Å². The van der Waals surface area contributed by atoms with E-state index in [1.807, 2.05) is 45.0 Å². The van der Waals surface area contributed by atoms with Gasteiger partial charge in [0.15, 0.2) is 0 Å². The molecule has 0 spiro atoms. The lowest BCUT2D eigenvalue weighted by atomic mass is 10.2. The summed E-state index contributed by atoms with van der Waals surface area (Å²) in [6.45, 7) is 6.64. The van der Waals surface area contributed by atoms with Crippen LogP contribution in [0, 0.1) is 0 Å². The van der Waals surface area contributed by atoms with Crippen molar-refractivity contribution < 1.29 is 22.7 Å². The number of unbranched alkanes of at least 4 members (excludes halogenated alkanes) is 2. The van der Waals surface area contributed by atoms with Crippen LogP contribution in [-0.2, 0) is 21.3 Å². The van der Waals surface area contributed by atoms with Crippen LogP contribution in [0.1, 0.15) is 45.6 Å². The molecule has 1 aromatic heterocycles. The number of sulfonamides is 1. The minimum absolute atomic E-state index is 0.292. The van der Waals surface area contributed by atoms with E-state index in [1.165, 1.54) is 15.6 Å². The summed E-state index contributed by atoms with van der Waals surface area (Å²) in [6, 6.07) is 10.8. The van der Waals surface area contributed by atoms with E-state index in [0.717, 1.165) is 24.2 Å². The molecule has 0 atom stereocenters. The van der Waals surface area contributed by atoms with Crippen LogP contribution in [0.2, 0.25) is 0 Å². The fourth-order valence-electron chi connectivity index (χ4n) is 2.85. The second-order valence-corrected chi connectivity index (χ2v) is 11.2. The van der Waals surface area contributed by atoms with E-state index >= 15 is 0 Å². The quantitative estimate of drug-likeness (QED) is 0.486. The Labute approximate surface area is 189 Å². The van der Waals surface area contributed by atoms with Crippen LogP contribution in [0.4, 0.5) is 4.79 Å². The molecule has 7 nitrogen and oxygen atoms in total. The number of carbonyl (C=O) groups is 1. The van der Waals surface area contributed by atoms with Crippen molar-refractivity contribution in [1.82, 2.24) is 9.62 Å². The van der Waals surface area contributed by atoms with Crippen molar-refractivity contribution in [1.29, 1.82) is 0 Å². The number of hydrogen-bond acceptors (Lipinski definition) is 6. The number of nitrogens with zero attached hydrogens (tertiary/aromatic N) is 1. The zero-order valence-corrected chi connectivity index (χ0v) is 20.2. The summed E-state index contributed by atoms with van der Waals surface area (Å²) in [4.78, 5) is 11.7. The number of hydrogen-bond donors (Lipinski definition) is 1. The van der Waals surface area contributed by atoms with Crippen LogP contribution >= 0.6 is 11.3 Å². The van der Waals surface area contributed by atoms with Crippen molar-refractivity contribution in [3.63, 3.8) is 0 Å². The molecule has 0 saturated heterocycles. The predicted octanol–water partition coefficient (Wildman–Crippen LogP) is 4.64. The first-order valence-corrected chi connectivity index (χ1v) is 12.6. The Morgan fingerprint density at radius 2 is 1.81 bits per heavy atom. The smallest absolute Gasteiger partial charge is 0.407 e. The van der Waals surface area contributed by atoms with Gasteiger partial charge >= 0.3 is 6.09 Å². The molecule has 0 unspecified atom stereocenters. The Kier molecular flexibility index (Phi) is 9.33. The van der Waals surface area contributed by atoms with Crippen molar-refractivity contribution >= 4 is 27.5 Å². The van der Waals surface area contributed by atoms with Gasteiger partial charge in [0.2, 0.25) is 0 Å². The molecule has 0 aliphatic carbocycles. The molecule has 0 radical (unpaired) electrons. The largest absolute Gasteiger partial charge is 0.497 e. The predicted molar refractivity (Wildman–Crippen MR) is 123 cm³/mol. The summed E-state index contributed by atoms with van der Waals surface area (Å²) >= 11 is 1.22. The number of benzene rings is 1. The van der Waals surface area contributed by atoms with E-state index in [-0.39, 0.29) is 0 Å². The molecule has 2 rings (SSSR count). The lowest BCUT2D eigenvalue weighted by Crippen LogP contribution is -2.33. The van der Waals surface area contributed by atoms with Gasteiger partial charge in [-0.05, 0) is 62.8 Å². The number of ether oxygens (including phenoxy) is 2. The maximum absolute atomic E-state index is 13.1. The maximum atomic E-state index is 13.1. The van der Waals surface area contributed by atoms with Crippen LogP contribution in [-0.4, -0.2) is 44.6 Å². The van der Waals surface area contributed by atoms with Crippen LogP contribution < -0.4 is 10.1 Å². The minimum Gasteiger partial charge on any atom is -0.497 e. The van der Waals surface area contributed by atoms with Crippen molar-refractivity contribution in [2.24, 2.45) is 0 Å². The average molecular weight is 469 g/mol. The maximum Gasteiger partial charge on any atom is 0.407 e. The summed E-state index contributed by atoms with van der Waals surface area (Å²) in [5.74, 6) is 0.730. The van der Waals surface area contributed by atoms with Gasteiger partial charge in [0.1, 0.15) is 15.6 Å². The Hall–Kier alpha value is -2.10. The molecular weight excluding hydrogens is 436 g/mol. The molecule has 31 heavy (non-hydrogen) atoms. The molecule has 0 saturated carbocycles. The highest BCUT2D eigenvalue weighted by Crippen LogP contribution is 2.24. The zero-order valence-electron chi connectivity index (χ0n) is 18.6. The van der Waals surface area contributed by atoms with Crippen LogP contribution in [0.15, 0.2) is 46.0 Å². The van der Waals surface area contributed by atoms with Gasteiger partial charge in [-0.3, -0.25) is 0 Å². The van der Waals surface area contributed by atoms with Crippen LogP contribution in [0.5, 0.6) is 5.75 Å². The molecule has 2 aromatic rings. The Balaban J connectivity index is 1.91. The first-order chi connectivity index (χ1) is 14.6. The SMILES string of the molecule is COc1ccc(CN(CCCCCNC(=O)OC(C)(C)C)S(=O)(=O)c2cccs2)cc1. The third-order valence-corrected chi connectivity index (χ3v) is 7.58. The van der Waals surface area contributed by atoms with Gasteiger partial charge in [-0.1, -0.05) is 24.6 Å². The molecule has 0 fully saturated rings. The van der Waals surface area contributed by atoms with Gasteiger partial charge in [0, 0.05) is 19.6 Å². The van der Waals surface area contributed by atoms with Gasteiger partial charge in [-0.15, -0.1) is 11.3 Å².